The molecular weight excluding hydrogens is 230 g/mol. The van der Waals surface area contributed by atoms with Crippen LogP contribution in [0, 0.1) is 0 Å². The molecule has 1 saturated heterocycles. The summed E-state index contributed by atoms with van der Waals surface area (Å²) in [5, 5.41) is 3.71. The van der Waals surface area contributed by atoms with Crippen molar-refractivity contribution in [2.24, 2.45) is 0 Å². The van der Waals surface area contributed by atoms with Gasteiger partial charge in [0.2, 0.25) is 0 Å². The molecule has 0 radical (unpaired) electrons. The number of methoxy groups -OCH3 is 1. The SMILES string of the molecule is COc1cccc(C(C)NC2CCCSC2)c1. The molecule has 2 atom stereocenters. The molecule has 1 heterocycles. The zero-order valence-electron chi connectivity index (χ0n) is 10.6. The molecule has 3 heteroatoms. The first-order valence-electron chi connectivity index (χ1n) is 6.27. The van der Waals surface area contributed by atoms with Gasteiger partial charge in [-0.05, 0) is 43.2 Å². The molecule has 2 unspecified atom stereocenters. The quantitative estimate of drug-likeness (QED) is 0.887. The predicted molar refractivity (Wildman–Crippen MR) is 74.9 cm³/mol. The lowest BCUT2D eigenvalue weighted by Gasteiger charge is -2.26. The second-order valence-electron chi connectivity index (χ2n) is 4.58. The molecule has 0 saturated carbocycles. The van der Waals surface area contributed by atoms with Crippen molar-refractivity contribution < 1.29 is 4.74 Å². The zero-order chi connectivity index (χ0) is 12.1. The molecule has 1 N–H and O–H groups in total. The summed E-state index contributed by atoms with van der Waals surface area (Å²) >= 11 is 2.06. The van der Waals surface area contributed by atoms with Crippen LogP contribution in [0.1, 0.15) is 31.4 Å². The first-order chi connectivity index (χ1) is 8.29. The highest BCUT2D eigenvalue weighted by Gasteiger charge is 2.16. The highest BCUT2D eigenvalue weighted by Crippen LogP contribution is 2.22. The number of thioether (sulfide) groups is 1. The molecule has 94 valence electrons. The van der Waals surface area contributed by atoms with E-state index < -0.39 is 0 Å². The lowest BCUT2D eigenvalue weighted by Crippen LogP contribution is -2.35. The lowest BCUT2D eigenvalue weighted by molar-refractivity contribution is 0.411. The fraction of sp³-hybridized carbons (Fsp3) is 0.571. The predicted octanol–water partition coefficient (Wildman–Crippen LogP) is 3.24. The Labute approximate surface area is 108 Å². The summed E-state index contributed by atoms with van der Waals surface area (Å²) in [5.41, 5.74) is 1.31. The van der Waals surface area contributed by atoms with Crippen LogP contribution in [0.2, 0.25) is 0 Å². The highest BCUT2D eigenvalue weighted by atomic mass is 32.2. The van der Waals surface area contributed by atoms with Crippen LogP contribution in [0.15, 0.2) is 24.3 Å². The minimum absolute atomic E-state index is 0.397. The molecule has 17 heavy (non-hydrogen) atoms. The van der Waals surface area contributed by atoms with E-state index in [-0.39, 0.29) is 0 Å². The van der Waals surface area contributed by atoms with Crippen LogP contribution in [0.5, 0.6) is 5.75 Å². The number of ether oxygens (including phenoxy) is 1. The van der Waals surface area contributed by atoms with Gasteiger partial charge in [-0.3, -0.25) is 0 Å². The Morgan fingerprint density at radius 2 is 2.35 bits per heavy atom. The van der Waals surface area contributed by atoms with Crippen molar-refractivity contribution in [3.63, 3.8) is 0 Å². The van der Waals surface area contributed by atoms with Crippen LogP contribution in [-0.2, 0) is 0 Å². The second-order valence-corrected chi connectivity index (χ2v) is 5.73. The minimum Gasteiger partial charge on any atom is -0.497 e. The summed E-state index contributed by atoms with van der Waals surface area (Å²) in [6, 6.07) is 9.39. The molecule has 0 bridgehead atoms. The Balaban J connectivity index is 1.95. The largest absolute Gasteiger partial charge is 0.497 e. The summed E-state index contributed by atoms with van der Waals surface area (Å²) in [6.07, 6.45) is 2.65. The van der Waals surface area contributed by atoms with Gasteiger partial charge in [0.15, 0.2) is 0 Å². The van der Waals surface area contributed by atoms with Crippen LogP contribution in [-0.4, -0.2) is 24.7 Å². The average Bonchev–Trinajstić information content (AvgIpc) is 2.40. The standard InChI is InChI=1S/C14H21NOS/c1-11(15-13-6-4-8-17-10-13)12-5-3-7-14(9-12)16-2/h3,5,7,9,11,13,15H,4,6,8,10H2,1-2H3. The molecule has 1 fully saturated rings. The molecule has 1 aliphatic rings. The van der Waals surface area contributed by atoms with Crippen LogP contribution < -0.4 is 10.1 Å². The summed E-state index contributed by atoms with van der Waals surface area (Å²) in [5.74, 6) is 3.51. The van der Waals surface area contributed by atoms with E-state index in [2.05, 4.69) is 42.2 Å². The van der Waals surface area contributed by atoms with E-state index in [1.54, 1.807) is 7.11 Å². The van der Waals surface area contributed by atoms with Gasteiger partial charge in [-0.1, -0.05) is 12.1 Å². The normalized spacial score (nSPS) is 22.1. The van der Waals surface area contributed by atoms with Crippen molar-refractivity contribution in [2.45, 2.75) is 31.8 Å². The number of hydrogen-bond acceptors (Lipinski definition) is 3. The van der Waals surface area contributed by atoms with E-state index in [1.165, 1.54) is 29.9 Å². The van der Waals surface area contributed by atoms with Gasteiger partial charge >= 0.3 is 0 Å². The topological polar surface area (TPSA) is 21.3 Å². The maximum absolute atomic E-state index is 5.26. The molecule has 1 aromatic carbocycles. The molecule has 0 spiro atoms. The van der Waals surface area contributed by atoms with Gasteiger partial charge in [0, 0.05) is 17.8 Å². The van der Waals surface area contributed by atoms with Gasteiger partial charge in [-0.15, -0.1) is 0 Å². The van der Waals surface area contributed by atoms with Gasteiger partial charge in [-0.25, -0.2) is 0 Å². The van der Waals surface area contributed by atoms with Gasteiger partial charge in [0.1, 0.15) is 5.75 Å². The fourth-order valence-corrected chi connectivity index (χ4v) is 3.32. The minimum atomic E-state index is 0.397. The molecule has 1 aromatic rings. The number of benzene rings is 1. The van der Waals surface area contributed by atoms with E-state index in [0.717, 1.165) is 5.75 Å². The van der Waals surface area contributed by atoms with E-state index >= 15 is 0 Å². The van der Waals surface area contributed by atoms with Crippen LogP contribution >= 0.6 is 11.8 Å². The van der Waals surface area contributed by atoms with E-state index in [4.69, 9.17) is 4.74 Å². The third-order valence-electron chi connectivity index (χ3n) is 3.24. The Kier molecular flexibility index (Phi) is 4.75. The monoisotopic (exact) mass is 251 g/mol. The van der Waals surface area contributed by atoms with E-state index in [9.17, 15) is 0 Å². The van der Waals surface area contributed by atoms with Gasteiger partial charge in [0.05, 0.1) is 7.11 Å². The summed E-state index contributed by atoms with van der Waals surface area (Å²) in [4.78, 5) is 0. The molecule has 1 aliphatic heterocycles. The summed E-state index contributed by atoms with van der Waals surface area (Å²) < 4.78 is 5.26. The number of hydrogen-bond donors (Lipinski definition) is 1. The van der Waals surface area contributed by atoms with E-state index in [0.29, 0.717) is 12.1 Å². The smallest absolute Gasteiger partial charge is 0.119 e. The molecular formula is C14H21NOS. The fourth-order valence-electron chi connectivity index (χ4n) is 2.23. The number of rotatable bonds is 4. The Morgan fingerprint density at radius 1 is 1.47 bits per heavy atom. The second kappa shape index (κ2) is 6.31. The lowest BCUT2D eigenvalue weighted by atomic mass is 10.1. The van der Waals surface area contributed by atoms with Gasteiger partial charge in [-0.2, -0.15) is 11.8 Å². The van der Waals surface area contributed by atoms with Crippen molar-refractivity contribution >= 4 is 11.8 Å². The molecule has 2 rings (SSSR count). The summed E-state index contributed by atoms with van der Waals surface area (Å²) in [7, 11) is 1.72. The van der Waals surface area contributed by atoms with E-state index in [1.807, 2.05) is 6.07 Å². The van der Waals surface area contributed by atoms with Crippen molar-refractivity contribution in [1.29, 1.82) is 0 Å². The third kappa shape index (κ3) is 3.65. The van der Waals surface area contributed by atoms with Gasteiger partial charge < -0.3 is 10.1 Å². The maximum Gasteiger partial charge on any atom is 0.119 e. The van der Waals surface area contributed by atoms with Crippen molar-refractivity contribution in [2.75, 3.05) is 18.6 Å². The van der Waals surface area contributed by atoms with Crippen molar-refractivity contribution in [3.05, 3.63) is 29.8 Å². The first-order valence-corrected chi connectivity index (χ1v) is 7.43. The first kappa shape index (κ1) is 12.8. The van der Waals surface area contributed by atoms with Gasteiger partial charge in [0.25, 0.3) is 0 Å². The van der Waals surface area contributed by atoms with Crippen LogP contribution in [0.4, 0.5) is 0 Å². The zero-order valence-corrected chi connectivity index (χ0v) is 11.4. The van der Waals surface area contributed by atoms with Crippen molar-refractivity contribution in [1.82, 2.24) is 5.32 Å². The maximum atomic E-state index is 5.26. The van der Waals surface area contributed by atoms with Crippen LogP contribution in [0.3, 0.4) is 0 Å². The third-order valence-corrected chi connectivity index (χ3v) is 4.46. The van der Waals surface area contributed by atoms with Crippen molar-refractivity contribution in [3.8, 4) is 5.75 Å². The van der Waals surface area contributed by atoms with Crippen LogP contribution in [0.25, 0.3) is 0 Å². The molecule has 2 nitrogen and oxygen atoms in total. The molecule has 0 aromatic heterocycles. The highest BCUT2D eigenvalue weighted by molar-refractivity contribution is 7.99. The average molecular weight is 251 g/mol. The Bertz CT molecular complexity index is 350. The Morgan fingerprint density at radius 3 is 3.06 bits per heavy atom. The molecule has 0 aliphatic carbocycles. The summed E-state index contributed by atoms with van der Waals surface area (Å²) in [6.45, 7) is 2.23. The Hall–Kier alpha value is -0.670. The number of nitrogens with one attached hydrogen (secondary N) is 1. The molecule has 0 amide bonds.